The molecule has 2 aliphatic heterocycles. The van der Waals surface area contributed by atoms with Gasteiger partial charge in [0.1, 0.15) is 11.1 Å². The molecule has 2 aliphatic rings. The van der Waals surface area contributed by atoms with Crippen molar-refractivity contribution in [3.63, 3.8) is 0 Å². The van der Waals surface area contributed by atoms with E-state index in [1.54, 1.807) is 0 Å². The van der Waals surface area contributed by atoms with Crippen LogP contribution < -0.4 is 9.64 Å². The summed E-state index contributed by atoms with van der Waals surface area (Å²) in [5.74, 6) is 1.90. The number of nitrogens with zero attached hydrogens (tertiary/aromatic N) is 3. The first-order valence-electron chi connectivity index (χ1n) is 12.5. The van der Waals surface area contributed by atoms with Crippen LogP contribution in [0.3, 0.4) is 0 Å². The SMILES string of the molecule is CCCCC1=CCN(CCCC)C(C(CCN2c3ccccc3Oc3ccccc32)S(=O)(=O)O)=N1. The zero-order valence-electron chi connectivity index (χ0n) is 20.6. The number of benzene rings is 2. The van der Waals surface area contributed by atoms with Crippen molar-refractivity contribution in [3.8, 4) is 11.5 Å². The molecule has 0 saturated heterocycles. The van der Waals surface area contributed by atoms with Crippen molar-refractivity contribution in [2.75, 3.05) is 24.5 Å². The van der Waals surface area contributed by atoms with Gasteiger partial charge in [-0.1, -0.05) is 51.0 Å². The molecule has 0 aromatic heterocycles. The zero-order chi connectivity index (χ0) is 24.8. The van der Waals surface area contributed by atoms with Gasteiger partial charge in [-0.3, -0.25) is 4.55 Å². The predicted octanol–water partition coefficient (Wildman–Crippen LogP) is 6.17. The zero-order valence-corrected chi connectivity index (χ0v) is 21.4. The van der Waals surface area contributed by atoms with Crippen molar-refractivity contribution in [1.29, 1.82) is 0 Å². The summed E-state index contributed by atoms with van der Waals surface area (Å²) in [7, 11) is -4.38. The molecule has 188 valence electrons. The summed E-state index contributed by atoms with van der Waals surface area (Å²) in [6.45, 7) is 5.95. The quantitative estimate of drug-likeness (QED) is 0.374. The normalized spacial score (nSPS) is 16.1. The highest BCUT2D eigenvalue weighted by molar-refractivity contribution is 7.87. The number of anilines is 2. The van der Waals surface area contributed by atoms with Crippen LogP contribution >= 0.6 is 0 Å². The van der Waals surface area contributed by atoms with Gasteiger partial charge in [-0.05, 0) is 56.0 Å². The van der Waals surface area contributed by atoms with Crippen LogP contribution in [0.4, 0.5) is 11.4 Å². The molecule has 0 amide bonds. The molecule has 1 unspecified atom stereocenters. The van der Waals surface area contributed by atoms with Crippen LogP contribution in [-0.2, 0) is 10.1 Å². The Hall–Kier alpha value is -2.84. The Balaban J connectivity index is 1.65. The molecule has 0 saturated carbocycles. The second-order valence-electron chi connectivity index (χ2n) is 9.05. The lowest BCUT2D eigenvalue weighted by Crippen LogP contribution is -2.46. The highest BCUT2D eigenvalue weighted by Gasteiger charge is 2.35. The van der Waals surface area contributed by atoms with E-state index in [0.717, 1.165) is 60.7 Å². The lowest BCUT2D eigenvalue weighted by atomic mass is 10.1. The number of unbranched alkanes of at least 4 members (excludes halogenated alkanes) is 2. The Morgan fingerprint density at radius 3 is 2.20 bits per heavy atom. The first-order valence-corrected chi connectivity index (χ1v) is 14.0. The predicted molar refractivity (Wildman–Crippen MR) is 141 cm³/mol. The molecule has 2 aromatic carbocycles. The van der Waals surface area contributed by atoms with E-state index in [2.05, 4.69) is 24.8 Å². The third kappa shape index (κ3) is 5.87. The minimum atomic E-state index is -4.38. The van der Waals surface area contributed by atoms with E-state index < -0.39 is 15.4 Å². The second kappa shape index (κ2) is 11.3. The Labute approximate surface area is 208 Å². The largest absolute Gasteiger partial charge is 0.453 e. The average molecular weight is 498 g/mol. The van der Waals surface area contributed by atoms with Gasteiger partial charge in [0.2, 0.25) is 0 Å². The van der Waals surface area contributed by atoms with Crippen LogP contribution in [0.15, 0.2) is 65.3 Å². The molecule has 8 heteroatoms. The summed E-state index contributed by atoms with van der Waals surface area (Å²) in [5.41, 5.74) is 2.65. The highest BCUT2D eigenvalue weighted by Crippen LogP contribution is 2.46. The third-order valence-corrected chi connectivity index (χ3v) is 7.66. The first-order chi connectivity index (χ1) is 16.9. The van der Waals surface area contributed by atoms with Crippen molar-refractivity contribution < 1.29 is 17.7 Å². The second-order valence-corrected chi connectivity index (χ2v) is 10.6. The van der Waals surface area contributed by atoms with E-state index in [0.29, 0.717) is 25.5 Å². The van der Waals surface area contributed by atoms with E-state index in [1.807, 2.05) is 53.4 Å². The molecule has 1 atom stereocenters. The average Bonchev–Trinajstić information content (AvgIpc) is 2.85. The number of rotatable bonds is 11. The van der Waals surface area contributed by atoms with E-state index >= 15 is 0 Å². The number of allylic oxidation sites excluding steroid dienone is 1. The minimum Gasteiger partial charge on any atom is -0.453 e. The summed E-state index contributed by atoms with van der Waals surface area (Å²) < 4.78 is 41.9. The molecule has 2 heterocycles. The van der Waals surface area contributed by atoms with Crippen molar-refractivity contribution >= 4 is 27.3 Å². The summed E-state index contributed by atoms with van der Waals surface area (Å²) in [4.78, 5) is 8.88. The molecule has 35 heavy (non-hydrogen) atoms. The van der Waals surface area contributed by atoms with Crippen molar-refractivity contribution in [3.05, 3.63) is 60.3 Å². The van der Waals surface area contributed by atoms with Crippen molar-refractivity contribution in [1.82, 2.24) is 4.90 Å². The lowest BCUT2D eigenvalue weighted by Gasteiger charge is -2.35. The van der Waals surface area contributed by atoms with Gasteiger partial charge in [-0.15, -0.1) is 0 Å². The topological polar surface area (TPSA) is 82.4 Å². The Bertz CT molecular complexity index is 1150. The van der Waals surface area contributed by atoms with E-state index in [-0.39, 0.29) is 6.42 Å². The van der Waals surface area contributed by atoms with Gasteiger partial charge in [-0.2, -0.15) is 8.42 Å². The fourth-order valence-electron chi connectivity index (χ4n) is 4.60. The molecule has 1 N–H and O–H groups in total. The van der Waals surface area contributed by atoms with Gasteiger partial charge >= 0.3 is 0 Å². The van der Waals surface area contributed by atoms with E-state index in [9.17, 15) is 13.0 Å². The number of para-hydroxylation sites is 4. The maximum Gasteiger partial charge on any atom is 0.275 e. The number of fused-ring (bicyclic) bond motifs is 2. The van der Waals surface area contributed by atoms with Gasteiger partial charge in [-0.25, -0.2) is 4.99 Å². The maximum absolute atomic E-state index is 12.7. The first kappa shape index (κ1) is 25.3. The minimum absolute atomic E-state index is 0.198. The molecular formula is C27H35N3O4S. The molecule has 4 rings (SSSR count). The highest BCUT2D eigenvalue weighted by atomic mass is 32.2. The van der Waals surface area contributed by atoms with Gasteiger partial charge in [0, 0.05) is 25.3 Å². The summed E-state index contributed by atoms with van der Waals surface area (Å²) >= 11 is 0. The number of amidine groups is 1. The number of ether oxygens (including phenoxy) is 1. The van der Waals surface area contributed by atoms with Crippen LogP contribution in [0.1, 0.15) is 52.4 Å². The lowest BCUT2D eigenvalue weighted by molar-refractivity contribution is 0.417. The number of hydrogen-bond donors (Lipinski definition) is 1. The number of hydrogen-bond acceptors (Lipinski definition) is 6. The molecule has 0 spiro atoms. The molecule has 0 radical (unpaired) electrons. The van der Waals surface area contributed by atoms with Crippen LogP contribution in [0, 0.1) is 0 Å². The van der Waals surface area contributed by atoms with Crippen molar-refractivity contribution in [2.45, 2.75) is 57.6 Å². The van der Waals surface area contributed by atoms with Crippen LogP contribution in [0.2, 0.25) is 0 Å². The molecule has 0 bridgehead atoms. The third-order valence-electron chi connectivity index (χ3n) is 6.49. The van der Waals surface area contributed by atoms with Gasteiger partial charge in [0.15, 0.2) is 11.5 Å². The van der Waals surface area contributed by atoms with E-state index in [1.165, 1.54) is 0 Å². The van der Waals surface area contributed by atoms with Gasteiger partial charge in [0.05, 0.1) is 11.4 Å². The molecule has 0 aliphatic carbocycles. The molecular weight excluding hydrogens is 462 g/mol. The van der Waals surface area contributed by atoms with Gasteiger partial charge in [0.25, 0.3) is 10.1 Å². The molecule has 0 fully saturated rings. The standard InChI is InChI=1S/C27H35N3O4S/c1-3-5-11-21-16-19-29(18-6-4-2)27(28-21)26(35(31,32)33)17-20-30-22-12-7-9-14-24(22)34-25-15-10-8-13-23(25)30/h7-10,12-16,26H,3-6,11,17-20H2,1-2H3,(H,31,32,33). The number of aliphatic imine (C=N–C) groups is 1. The van der Waals surface area contributed by atoms with Crippen LogP contribution in [0.5, 0.6) is 11.5 Å². The summed E-state index contributed by atoms with van der Waals surface area (Å²) in [6, 6.07) is 15.4. The monoisotopic (exact) mass is 497 g/mol. The van der Waals surface area contributed by atoms with Crippen LogP contribution in [0.25, 0.3) is 0 Å². The molecule has 7 nitrogen and oxygen atoms in total. The maximum atomic E-state index is 12.7. The summed E-state index contributed by atoms with van der Waals surface area (Å²) in [6.07, 6.45) is 7.06. The van der Waals surface area contributed by atoms with Crippen molar-refractivity contribution in [2.24, 2.45) is 4.99 Å². The fourth-order valence-corrected chi connectivity index (χ4v) is 5.47. The van der Waals surface area contributed by atoms with Crippen LogP contribution in [-0.4, -0.2) is 48.6 Å². The fraction of sp³-hybridized carbons (Fsp3) is 0.444. The summed E-state index contributed by atoms with van der Waals surface area (Å²) in [5, 5.41) is -1.10. The smallest absolute Gasteiger partial charge is 0.275 e. The van der Waals surface area contributed by atoms with Gasteiger partial charge < -0.3 is 14.5 Å². The van der Waals surface area contributed by atoms with E-state index in [4.69, 9.17) is 9.73 Å². The Kier molecular flexibility index (Phi) is 8.13. The Morgan fingerprint density at radius 1 is 0.971 bits per heavy atom. The Morgan fingerprint density at radius 2 is 1.60 bits per heavy atom. The molecule has 2 aromatic rings.